The van der Waals surface area contributed by atoms with Crippen LogP contribution in [0.5, 0.6) is 11.5 Å². The first kappa shape index (κ1) is 21.1. The molecule has 0 aliphatic rings. The average Bonchev–Trinajstić information content (AvgIpc) is 3.28. The lowest BCUT2D eigenvalue weighted by molar-refractivity contribution is -0.113. The summed E-state index contributed by atoms with van der Waals surface area (Å²) in [5, 5.41) is 7.42. The molecule has 0 fully saturated rings. The minimum absolute atomic E-state index is 0.146. The summed E-state index contributed by atoms with van der Waals surface area (Å²) < 4.78 is 10.5. The molecule has 0 aliphatic heterocycles. The van der Waals surface area contributed by atoms with Crippen molar-refractivity contribution in [3.63, 3.8) is 0 Å². The van der Waals surface area contributed by atoms with Gasteiger partial charge in [-0.15, -0.1) is 11.3 Å². The second-order valence-corrected chi connectivity index (χ2v) is 7.15. The Morgan fingerprint density at radius 3 is 2.30 bits per heavy atom. The van der Waals surface area contributed by atoms with E-state index >= 15 is 0 Å². The Hall–Kier alpha value is -3.58. The molecule has 0 radical (unpaired) electrons. The number of thiophene rings is 1. The molecule has 7 heteroatoms. The lowest BCUT2D eigenvalue weighted by Gasteiger charge is -2.12. The van der Waals surface area contributed by atoms with Gasteiger partial charge in [0.15, 0.2) is 0 Å². The smallest absolute Gasteiger partial charge is 0.272 e. The molecule has 0 unspecified atom stereocenters. The van der Waals surface area contributed by atoms with Gasteiger partial charge in [-0.3, -0.25) is 9.59 Å². The van der Waals surface area contributed by atoms with E-state index in [-0.39, 0.29) is 11.6 Å². The van der Waals surface area contributed by atoms with E-state index in [2.05, 4.69) is 10.6 Å². The van der Waals surface area contributed by atoms with Crippen LogP contribution >= 0.6 is 11.3 Å². The standard InChI is InChI=1S/C23H22N2O4S/c1-3-29-19-12-8-17(9-13-19)24-23(27)21(15-20-5-4-14-30-20)25-22(26)16-6-10-18(28-2)11-7-16/h4-15H,3H2,1-2H3,(H,24,27)(H,25,26)/b21-15-. The number of nitrogens with one attached hydrogen (secondary N) is 2. The van der Waals surface area contributed by atoms with Crippen molar-refractivity contribution in [3.05, 3.63) is 82.2 Å². The Morgan fingerprint density at radius 1 is 1.00 bits per heavy atom. The molecule has 1 heterocycles. The Balaban J connectivity index is 1.77. The number of carbonyl (C=O) groups excluding carboxylic acids is 2. The molecule has 0 saturated heterocycles. The molecule has 154 valence electrons. The quantitative estimate of drug-likeness (QED) is 0.522. The van der Waals surface area contributed by atoms with E-state index in [9.17, 15) is 9.59 Å². The predicted octanol–water partition coefficient (Wildman–Crippen LogP) is 4.57. The zero-order valence-electron chi connectivity index (χ0n) is 16.7. The molecule has 0 atom stereocenters. The molecule has 0 spiro atoms. The molecule has 0 saturated carbocycles. The lowest BCUT2D eigenvalue weighted by Crippen LogP contribution is -2.30. The number of hydrogen-bond donors (Lipinski definition) is 2. The predicted molar refractivity (Wildman–Crippen MR) is 119 cm³/mol. The van der Waals surface area contributed by atoms with E-state index in [0.29, 0.717) is 23.6 Å². The van der Waals surface area contributed by atoms with Gasteiger partial charge < -0.3 is 20.1 Å². The maximum Gasteiger partial charge on any atom is 0.272 e. The van der Waals surface area contributed by atoms with Crippen molar-refractivity contribution >= 4 is 34.9 Å². The van der Waals surface area contributed by atoms with Crippen LogP contribution in [-0.2, 0) is 4.79 Å². The Labute approximate surface area is 179 Å². The molecule has 2 aromatic carbocycles. The molecule has 3 rings (SSSR count). The van der Waals surface area contributed by atoms with Crippen molar-refractivity contribution < 1.29 is 19.1 Å². The van der Waals surface area contributed by atoms with E-state index in [1.54, 1.807) is 61.7 Å². The van der Waals surface area contributed by atoms with Crippen LogP contribution < -0.4 is 20.1 Å². The van der Waals surface area contributed by atoms with Gasteiger partial charge in [-0.1, -0.05) is 6.07 Å². The molecule has 30 heavy (non-hydrogen) atoms. The highest BCUT2D eigenvalue weighted by atomic mass is 32.1. The van der Waals surface area contributed by atoms with Gasteiger partial charge in [-0.25, -0.2) is 0 Å². The maximum absolute atomic E-state index is 12.9. The fourth-order valence-corrected chi connectivity index (χ4v) is 3.27. The molecule has 2 N–H and O–H groups in total. The maximum atomic E-state index is 12.9. The van der Waals surface area contributed by atoms with E-state index in [1.165, 1.54) is 11.3 Å². The summed E-state index contributed by atoms with van der Waals surface area (Å²) >= 11 is 1.47. The van der Waals surface area contributed by atoms with E-state index < -0.39 is 5.91 Å². The molecule has 3 aromatic rings. The second kappa shape index (κ2) is 10.3. The lowest BCUT2D eigenvalue weighted by atomic mass is 10.2. The SMILES string of the molecule is CCOc1ccc(NC(=O)/C(=C/c2cccs2)NC(=O)c2ccc(OC)cc2)cc1. The third kappa shape index (κ3) is 5.71. The zero-order valence-corrected chi connectivity index (χ0v) is 17.5. The van der Waals surface area contributed by atoms with Gasteiger partial charge in [0.05, 0.1) is 13.7 Å². The largest absolute Gasteiger partial charge is 0.497 e. The molecule has 6 nitrogen and oxygen atoms in total. The number of benzene rings is 2. The van der Waals surface area contributed by atoms with Crippen LogP contribution in [0.2, 0.25) is 0 Å². The Bertz CT molecular complexity index is 1010. The fourth-order valence-electron chi connectivity index (χ4n) is 2.61. The molecule has 0 bridgehead atoms. The third-order valence-corrected chi connectivity index (χ3v) is 4.92. The van der Waals surface area contributed by atoms with Crippen LogP contribution in [0.15, 0.2) is 71.7 Å². The summed E-state index contributed by atoms with van der Waals surface area (Å²) in [5.41, 5.74) is 1.16. The van der Waals surface area contributed by atoms with E-state index in [0.717, 1.165) is 10.6 Å². The molecule has 2 amide bonds. The van der Waals surface area contributed by atoms with Gasteiger partial charge >= 0.3 is 0 Å². The molecule has 0 aliphatic carbocycles. The van der Waals surface area contributed by atoms with Gasteiger partial charge in [0, 0.05) is 16.1 Å². The monoisotopic (exact) mass is 422 g/mol. The highest BCUT2D eigenvalue weighted by molar-refractivity contribution is 7.10. The van der Waals surface area contributed by atoms with Gasteiger partial charge in [-0.2, -0.15) is 0 Å². The summed E-state index contributed by atoms with van der Waals surface area (Å²) in [4.78, 5) is 26.4. The van der Waals surface area contributed by atoms with Crippen LogP contribution in [0.4, 0.5) is 5.69 Å². The minimum atomic E-state index is -0.422. The van der Waals surface area contributed by atoms with Crippen molar-refractivity contribution in [2.75, 3.05) is 19.0 Å². The number of amides is 2. The number of anilines is 1. The van der Waals surface area contributed by atoms with Crippen LogP contribution in [0, 0.1) is 0 Å². The Morgan fingerprint density at radius 2 is 1.70 bits per heavy atom. The first-order valence-electron chi connectivity index (χ1n) is 9.34. The number of hydrogen-bond acceptors (Lipinski definition) is 5. The summed E-state index contributed by atoms with van der Waals surface area (Å²) in [6.07, 6.45) is 1.65. The van der Waals surface area contributed by atoms with Crippen molar-refractivity contribution in [2.45, 2.75) is 6.92 Å². The fraction of sp³-hybridized carbons (Fsp3) is 0.130. The van der Waals surface area contributed by atoms with Crippen molar-refractivity contribution in [1.29, 1.82) is 0 Å². The number of rotatable bonds is 8. The van der Waals surface area contributed by atoms with Crippen molar-refractivity contribution in [2.24, 2.45) is 0 Å². The molecular formula is C23H22N2O4S. The number of carbonyl (C=O) groups is 2. The molecule has 1 aromatic heterocycles. The van der Waals surface area contributed by atoms with Crippen LogP contribution in [-0.4, -0.2) is 25.5 Å². The van der Waals surface area contributed by atoms with E-state index in [4.69, 9.17) is 9.47 Å². The Kier molecular flexibility index (Phi) is 7.24. The molecular weight excluding hydrogens is 400 g/mol. The van der Waals surface area contributed by atoms with Crippen molar-refractivity contribution in [3.8, 4) is 11.5 Å². The summed E-state index contributed by atoms with van der Waals surface area (Å²) in [5.74, 6) is 0.559. The second-order valence-electron chi connectivity index (χ2n) is 6.17. The van der Waals surface area contributed by atoms with E-state index in [1.807, 2.05) is 24.4 Å². The van der Waals surface area contributed by atoms with Crippen LogP contribution in [0.3, 0.4) is 0 Å². The van der Waals surface area contributed by atoms with Gasteiger partial charge in [0.25, 0.3) is 11.8 Å². The average molecular weight is 423 g/mol. The number of methoxy groups -OCH3 is 1. The number of ether oxygens (including phenoxy) is 2. The normalized spacial score (nSPS) is 10.9. The van der Waals surface area contributed by atoms with Crippen LogP contribution in [0.25, 0.3) is 6.08 Å². The highest BCUT2D eigenvalue weighted by Gasteiger charge is 2.15. The minimum Gasteiger partial charge on any atom is -0.497 e. The highest BCUT2D eigenvalue weighted by Crippen LogP contribution is 2.18. The third-order valence-electron chi connectivity index (χ3n) is 4.10. The van der Waals surface area contributed by atoms with Gasteiger partial charge in [0.2, 0.25) is 0 Å². The summed E-state index contributed by atoms with van der Waals surface area (Å²) in [7, 11) is 1.56. The topological polar surface area (TPSA) is 76.7 Å². The first-order chi connectivity index (χ1) is 14.6. The van der Waals surface area contributed by atoms with Crippen molar-refractivity contribution in [1.82, 2.24) is 5.32 Å². The van der Waals surface area contributed by atoms with Gasteiger partial charge in [-0.05, 0) is 73.0 Å². The van der Waals surface area contributed by atoms with Crippen LogP contribution in [0.1, 0.15) is 22.2 Å². The zero-order chi connectivity index (χ0) is 21.3. The summed E-state index contributed by atoms with van der Waals surface area (Å²) in [6.45, 7) is 2.47. The van der Waals surface area contributed by atoms with Gasteiger partial charge in [0.1, 0.15) is 17.2 Å². The first-order valence-corrected chi connectivity index (χ1v) is 10.2. The summed E-state index contributed by atoms with van der Waals surface area (Å²) in [6, 6.07) is 17.5.